The smallest absolute Gasteiger partial charge is 0.396 e. The number of hydrogen-bond acceptors (Lipinski definition) is 16. The Balaban J connectivity index is 3.71. The zero-order chi connectivity index (χ0) is 35.7. The first kappa shape index (κ1) is 47.2. The molecule has 284 valence electrons. The van der Waals surface area contributed by atoms with E-state index >= 15 is 0 Å². The molecule has 0 spiro atoms. The van der Waals surface area contributed by atoms with Gasteiger partial charge in [-0.2, -0.15) is 0 Å². The molecular weight excluding hydrogens is 724 g/mol. The van der Waals surface area contributed by atoms with Crippen LogP contribution in [0.3, 0.4) is 0 Å². The number of phosphoric acid groups is 4. The van der Waals surface area contributed by atoms with Gasteiger partial charge in [-0.3, -0.25) is 31.7 Å². The van der Waals surface area contributed by atoms with Gasteiger partial charge in [0.25, 0.3) is 0 Å². The highest BCUT2D eigenvalue weighted by Gasteiger charge is 2.25. The van der Waals surface area contributed by atoms with E-state index in [1.54, 1.807) is 6.92 Å². The van der Waals surface area contributed by atoms with E-state index in [1.165, 1.54) is 0 Å². The minimum absolute atomic E-state index is 0.0130. The average Bonchev–Trinajstić information content (AvgIpc) is 2.99. The number of hydrogen-bond donors (Lipinski definition) is 6. The van der Waals surface area contributed by atoms with Crippen molar-refractivity contribution in [2.45, 2.75) is 26.7 Å². The van der Waals surface area contributed by atoms with Crippen molar-refractivity contribution >= 4 is 31.3 Å². The van der Waals surface area contributed by atoms with Crippen LogP contribution in [0.25, 0.3) is 0 Å². The second-order valence-corrected chi connectivity index (χ2v) is 14.9. The number of aliphatic hydroxyl groups excluding tert-OH is 1. The van der Waals surface area contributed by atoms with Gasteiger partial charge >= 0.3 is 31.3 Å². The van der Waals surface area contributed by atoms with E-state index in [4.69, 9.17) is 61.0 Å². The second kappa shape index (κ2) is 27.0. The number of phosphoric ester groups is 4. The van der Waals surface area contributed by atoms with E-state index in [9.17, 15) is 32.9 Å². The zero-order valence-corrected chi connectivity index (χ0v) is 30.1. The lowest BCUT2D eigenvalue weighted by molar-refractivity contribution is 0.0101. The van der Waals surface area contributed by atoms with Crippen molar-refractivity contribution < 1.29 is 98.4 Å². The molecule has 0 radical (unpaired) electrons. The Morgan fingerprint density at radius 2 is 0.702 bits per heavy atom. The molecule has 0 rings (SSSR count). The van der Waals surface area contributed by atoms with Crippen LogP contribution in [0.15, 0.2) is 0 Å². The summed E-state index contributed by atoms with van der Waals surface area (Å²) in [6.45, 7) is 1.68. The van der Waals surface area contributed by atoms with E-state index in [0.717, 1.165) is 0 Å². The molecule has 0 saturated carbocycles. The summed E-state index contributed by atoms with van der Waals surface area (Å²) in [5, 5.41) is 9.06. The van der Waals surface area contributed by atoms with Crippen molar-refractivity contribution in [1.82, 2.24) is 0 Å². The van der Waals surface area contributed by atoms with Gasteiger partial charge in [0.05, 0.1) is 99.1 Å². The first-order valence-corrected chi connectivity index (χ1v) is 20.5. The third-order valence-electron chi connectivity index (χ3n) is 5.51. The van der Waals surface area contributed by atoms with E-state index in [0.29, 0.717) is 12.8 Å². The van der Waals surface area contributed by atoms with Gasteiger partial charge in [0.15, 0.2) is 0 Å². The summed E-state index contributed by atoms with van der Waals surface area (Å²) in [6, 6.07) is 0. The highest BCUT2D eigenvalue weighted by atomic mass is 31.2. The van der Waals surface area contributed by atoms with Crippen LogP contribution in [0.5, 0.6) is 0 Å². The lowest BCUT2D eigenvalue weighted by Crippen LogP contribution is -2.15. The van der Waals surface area contributed by atoms with Crippen LogP contribution in [-0.2, 0) is 68.9 Å². The molecular formula is C22H50O21P4. The minimum atomic E-state index is -4.67. The summed E-state index contributed by atoms with van der Waals surface area (Å²) in [7, 11) is -17.7. The maximum Gasteiger partial charge on any atom is 0.472 e. The van der Waals surface area contributed by atoms with Crippen molar-refractivity contribution in [1.29, 1.82) is 0 Å². The van der Waals surface area contributed by atoms with Crippen LogP contribution in [0, 0.1) is 11.8 Å². The fraction of sp³-hybridized carbons (Fsp3) is 1.00. The molecule has 0 aromatic rings. The van der Waals surface area contributed by atoms with Gasteiger partial charge in [0.2, 0.25) is 0 Å². The number of rotatable bonds is 34. The molecule has 0 aromatic carbocycles. The van der Waals surface area contributed by atoms with Crippen LogP contribution in [0.2, 0.25) is 0 Å². The van der Waals surface area contributed by atoms with Crippen LogP contribution >= 0.6 is 31.3 Å². The Labute approximate surface area is 274 Å². The molecule has 0 aliphatic heterocycles. The Hall–Kier alpha value is 0.240. The molecule has 0 aliphatic rings. The average molecular weight is 775 g/mol. The molecule has 0 aromatic heterocycles. The number of aliphatic hydroxyl groups is 1. The Morgan fingerprint density at radius 3 is 1.00 bits per heavy atom. The summed E-state index contributed by atoms with van der Waals surface area (Å²) in [5.74, 6) is -0.808. The zero-order valence-electron chi connectivity index (χ0n) is 26.5. The van der Waals surface area contributed by atoms with Gasteiger partial charge in [-0.15, -0.1) is 0 Å². The summed E-state index contributed by atoms with van der Waals surface area (Å²) >= 11 is 0. The lowest BCUT2D eigenvalue weighted by atomic mass is 10.1. The van der Waals surface area contributed by atoms with Crippen molar-refractivity contribution in [3.05, 3.63) is 0 Å². The summed E-state index contributed by atoms with van der Waals surface area (Å²) in [5.41, 5.74) is 0. The maximum atomic E-state index is 11.9. The van der Waals surface area contributed by atoms with Crippen LogP contribution in [-0.4, -0.2) is 135 Å². The molecule has 21 nitrogen and oxygen atoms in total. The van der Waals surface area contributed by atoms with Crippen LogP contribution in [0.4, 0.5) is 0 Å². The second-order valence-electron chi connectivity index (χ2n) is 9.30. The van der Waals surface area contributed by atoms with Gasteiger partial charge in [-0.1, -0.05) is 13.8 Å². The molecule has 25 heteroatoms. The van der Waals surface area contributed by atoms with E-state index in [1.807, 2.05) is 6.92 Å². The molecule has 0 amide bonds. The largest absolute Gasteiger partial charge is 0.472 e. The van der Waals surface area contributed by atoms with Crippen molar-refractivity contribution in [3.8, 4) is 0 Å². The summed E-state index contributed by atoms with van der Waals surface area (Å²) in [6.07, 6.45) is 0.947. The molecule has 0 saturated heterocycles. The molecule has 5 atom stereocenters. The predicted molar refractivity (Wildman–Crippen MR) is 161 cm³/mol. The fourth-order valence-corrected chi connectivity index (χ4v) is 5.44. The highest BCUT2D eigenvalue weighted by Crippen LogP contribution is 2.45. The van der Waals surface area contributed by atoms with Gasteiger partial charge in [0, 0.05) is 18.4 Å². The Bertz CT molecular complexity index is 963. The first-order chi connectivity index (χ1) is 22.0. The third-order valence-corrected chi connectivity index (χ3v) is 8.98. The topological polar surface area (TPSA) is 291 Å². The molecule has 0 aliphatic carbocycles. The normalized spacial score (nSPS) is 17.5. The SMILES string of the molecule is CCC(CO)COP(=O)(O)OCCOCCOCCOP(=O)(O)OCCOCCOCCOP(=O)(O)OCC(CC)COP(=O)(O)O. The monoisotopic (exact) mass is 774 g/mol. The first-order valence-electron chi connectivity index (χ1n) is 14.5. The molecule has 5 unspecified atom stereocenters. The minimum Gasteiger partial charge on any atom is -0.396 e. The quantitative estimate of drug-likeness (QED) is 0.0400. The fourth-order valence-electron chi connectivity index (χ4n) is 2.79. The standard InChI is InChI=1S/C22H50O21P4/c1-3-21(17-23)18-42-46(29,30)39-15-11-35-7-5-33-9-13-37-45(27,28)38-14-10-34-6-8-36-12-16-40-47(31,32)43-20-22(4-2)19-41-44(24,25)26/h21-23H,3-20H2,1-2H3,(H,27,28)(H,29,30)(H,31,32)(H2,24,25,26). The van der Waals surface area contributed by atoms with Crippen molar-refractivity contribution in [2.24, 2.45) is 11.8 Å². The number of ether oxygens (including phenoxy) is 4. The molecule has 6 N–H and O–H groups in total. The summed E-state index contributed by atoms with van der Waals surface area (Å²) in [4.78, 5) is 46.3. The molecule has 47 heavy (non-hydrogen) atoms. The van der Waals surface area contributed by atoms with Gasteiger partial charge in [0.1, 0.15) is 0 Å². The summed E-state index contributed by atoms with van der Waals surface area (Å²) < 4.78 is 99.9. The van der Waals surface area contributed by atoms with Gasteiger partial charge in [-0.25, -0.2) is 18.3 Å². The predicted octanol–water partition coefficient (Wildman–Crippen LogP) is 1.61. The molecule has 0 fully saturated rings. The molecule has 0 bridgehead atoms. The van der Waals surface area contributed by atoms with Gasteiger partial charge < -0.3 is 48.5 Å². The van der Waals surface area contributed by atoms with Crippen LogP contribution < -0.4 is 0 Å². The van der Waals surface area contributed by atoms with Crippen LogP contribution in [0.1, 0.15) is 26.7 Å². The van der Waals surface area contributed by atoms with Gasteiger partial charge in [-0.05, 0) is 12.8 Å². The Kier molecular flexibility index (Phi) is 27.1. The van der Waals surface area contributed by atoms with E-state index < -0.39 is 37.2 Å². The van der Waals surface area contributed by atoms with E-state index in [-0.39, 0.29) is 112 Å². The maximum absolute atomic E-state index is 11.9. The van der Waals surface area contributed by atoms with E-state index in [2.05, 4.69) is 4.52 Å². The van der Waals surface area contributed by atoms with Crippen molar-refractivity contribution in [2.75, 3.05) is 106 Å². The Morgan fingerprint density at radius 1 is 0.426 bits per heavy atom. The lowest BCUT2D eigenvalue weighted by Gasteiger charge is -2.18. The molecule has 0 heterocycles. The third kappa shape index (κ3) is 30.8. The van der Waals surface area contributed by atoms with Crippen molar-refractivity contribution in [3.63, 3.8) is 0 Å². The highest BCUT2D eigenvalue weighted by molar-refractivity contribution is 7.48.